The molecule has 96 valence electrons. The molecule has 2 unspecified atom stereocenters. The van der Waals surface area contributed by atoms with Crippen LogP contribution >= 0.6 is 0 Å². The van der Waals surface area contributed by atoms with Crippen LogP contribution in [0.15, 0.2) is 24.3 Å². The van der Waals surface area contributed by atoms with Crippen LogP contribution < -0.4 is 0 Å². The van der Waals surface area contributed by atoms with Gasteiger partial charge in [0.2, 0.25) is 0 Å². The number of esters is 1. The summed E-state index contributed by atoms with van der Waals surface area (Å²) in [6.45, 7) is 5.03. The Balaban J connectivity index is 2.40. The van der Waals surface area contributed by atoms with Gasteiger partial charge in [-0.05, 0) is 38.5 Å². The van der Waals surface area contributed by atoms with Crippen molar-refractivity contribution in [1.82, 2.24) is 0 Å². The van der Waals surface area contributed by atoms with E-state index in [0.717, 1.165) is 0 Å². The van der Waals surface area contributed by atoms with Gasteiger partial charge in [-0.2, -0.15) is 0 Å². The number of hydrogen-bond acceptors (Lipinski definition) is 3. The van der Waals surface area contributed by atoms with Gasteiger partial charge in [-0.25, -0.2) is 4.39 Å². The molecular formula is C14H15FO3. The zero-order valence-corrected chi connectivity index (χ0v) is 10.6. The van der Waals surface area contributed by atoms with Crippen molar-refractivity contribution >= 4 is 11.8 Å². The molecule has 1 aliphatic rings. The summed E-state index contributed by atoms with van der Waals surface area (Å²) in [5, 5.41) is 0. The molecule has 2 rings (SSSR count). The molecule has 0 spiro atoms. The maximum Gasteiger partial charge on any atom is 0.316 e. The van der Waals surface area contributed by atoms with Gasteiger partial charge in [-0.15, -0.1) is 0 Å². The highest BCUT2D eigenvalue weighted by Crippen LogP contribution is 2.43. The summed E-state index contributed by atoms with van der Waals surface area (Å²) in [5.74, 6) is -1.77. The minimum absolute atomic E-state index is 0.145. The molecule has 1 fully saturated rings. The van der Waals surface area contributed by atoms with Gasteiger partial charge in [0.25, 0.3) is 0 Å². The number of ether oxygens (including phenoxy) is 1. The van der Waals surface area contributed by atoms with Gasteiger partial charge in [0.15, 0.2) is 5.78 Å². The molecule has 0 radical (unpaired) electrons. The summed E-state index contributed by atoms with van der Waals surface area (Å²) in [4.78, 5) is 23.8. The van der Waals surface area contributed by atoms with Gasteiger partial charge in [0.1, 0.15) is 17.8 Å². The maximum atomic E-state index is 12.9. The van der Waals surface area contributed by atoms with E-state index >= 15 is 0 Å². The molecule has 0 amide bonds. The predicted octanol–water partition coefficient (Wildman–Crippen LogP) is 2.66. The molecule has 3 nitrogen and oxygen atoms in total. The van der Waals surface area contributed by atoms with Crippen molar-refractivity contribution in [3.8, 4) is 0 Å². The second-order valence-corrected chi connectivity index (χ2v) is 5.18. The van der Waals surface area contributed by atoms with Gasteiger partial charge in [0.05, 0.1) is 5.41 Å². The van der Waals surface area contributed by atoms with E-state index in [1.54, 1.807) is 20.8 Å². The van der Waals surface area contributed by atoms with E-state index in [-0.39, 0.29) is 11.6 Å². The number of ketones is 1. The van der Waals surface area contributed by atoms with E-state index in [4.69, 9.17) is 4.74 Å². The standard InChI is InChI=1S/C14H15FO3/c1-8-11(16)14(2,3)12(18-13(8)17)9-4-6-10(15)7-5-9/h4-8,12H,1-3H3. The summed E-state index contributed by atoms with van der Waals surface area (Å²) < 4.78 is 18.2. The highest BCUT2D eigenvalue weighted by molar-refractivity contribution is 6.03. The van der Waals surface area contributed by atoms with Crippen molar-refractivity contribution in [3.05, 3.63) is 35.6 Å². The molecule has 2 atom stereocenters. The van der Waals surface area contributed by atoms with Gasteiger partial charge in [0, 0.05) is 0 Å². The topological polar surface area (TPSA) is 43.4 Å². The van der Waals surface area contributed by atoms with Crippen LogP contribution in [0.5, 0.6) is 0 Å². The molecule has 0 aromatic heterocycles. The third-order valence-corrected chi connectivity index (χ3v) is 3.44. The minimum Gasteiger partial charge on any atom is -0.456 e. The van der Waals surface area contributed by atoms with E-state index in [2.05, 4.69) is 0 Å². The number of cyclic esters (lactones) is 1. The van der Waals surface area contributed by atoms with Gasteiger partial charge in [-0.3, -0.25) is 9.59 Å². The largest absolute Gasteiger partial charge is 0.456 e. The second kappa shape index (κ2) is 4.19. The quantitative estimate of drug-likeness (QED) is 0.568. The summed E-state index contributed by atoms with van der Waals surface area (Å²) in [5.41, 5.74) is -0.166. The molecule has 0 aliphatic carbocycles. The predicted molar refractivity (Wildman–Crippen MR) is 63.2 cm³/mol. The van der Waals surface area contributed by atoms with Crippen LogP contribution in [-0.4, -0.2) is 11.8 Å². The number of Topliss-reactive ketones (excluding diaryl/α,β-unsaturated/α-hetero) is 1. The summed E-state index contributed by atoms with van der Waals surface area (Å²) in [6.07, 6.45) is -0.658. The SMILES string of the molecule is CC1C(=O)OC(c2ccc(F)cc2)C(C)(C)C1=O. The average Bonchev–Trinajstić information content (AvgIpc) is 2.33. The lowest BCUT2D eigenvalue weighted by molar-refractivity contribution is -0.177. The summed E-state index contributed by atoms with van der Waals surface area (Å²) in [7, 11) is 0. The molecule has 1 aromatic carbocycles. The maximum absolute atomic E-state index is 12.9. The molecule has 0 bridgehead atoms. The summed E-state index contributed by atoms with van der Waals surface area (Å²) >= 11 is 0. The fraction of sp³-hybridized carbons (Fsp3) is 0.429. The Kier molecular flexibility index (Phi) is 2.97. The Morgan fingerprint density at radius 1 is 1.17 bits per heavy atom. The number of carbonyl (C=O) groups is 2. The molecule has 0 saturated carbocycles. The van der Waals surface area contributed by atoms with Crippen LogP contribution in [0.4, 0.5) is 4.39 Å². The van der Waals surface area contributed by atoms with Crippen molar-refractivity contribution in [3.63, 3.8) is 0 Å². The molecule has 4 heteroatoms. The van der Waals surface area contributed by atoms with Crippen LogP contribution in [0.2, 0.25) is 0 Å². The molecule has 0 N–H and O–H groups in total. The highest BCUT2D eigenvalue weighted by Gasteiger charge is 2.49. The molecule has 1 heterocycles. The van der Waals surface area contributed by atoms with Crippen molar-refractivity contribution in [2.45, 2.75) is 26.9 Å². The van der Waals surface area contributed by atoms with Crippen LogP contribution in [-0.2, 0) is 14.3 Å². The fourth-order valence-corrected chi connectivity index (χ4v) is 2.28. The Labute approximate surface area is 105 Å². The van der Waals surface area contributed by atoms with Crippen molar-refractivity contribution in [1.29, 1.82) is 0 Å². The lowest BCUT2D eigenvalue weighted by Gasteiger charge is -2.39. The van der Waals surface area contributed by atoms with E-state index in [1.807, 2.05) is 0 Å². The zero-order chi connectivity index (χ0) is 13.5. The Bertz CT molecular complexity index is 490. The molecular weight excluding hydrogens is 235 g/mol. The lowest BCUT2D eigenvalue weighted by atomic mass is 9.73. The number of benzene rings is 1. The lowest BCUT2D eigenvalue weighted by Crippen LogP contribution is -2.46. The van der Waals surface area contributed by atoms with Gasteiger partial charge < -0.3 is 4.74 Å². The van der Waals surface area contributed by atoms with Crippen LogP contribution in [0.3, 0.4) is 0 Å². The third-order valence-electron chi connectivity index (χ3n) is 3.44. The van der Waals surface area contributed by atoms with E-state index < -0.39 is 23.4 Å². The fourth-order valence-electron chi connectivity index (χ4n) is 2.28. The Morgan fingerprint density at radius 2 is 1.72 bits per heavy atom. The number of rotatable bonds is 1. The van der Waals surface area contributed by atoms with Crippen LogP contribution in [0.25, 0.3) is 0 Å². The first kappa shape index (κ1) is 12.7. The smallest absolute Gasteiger partial charge is 0.316 e. The normalized spacial score (nSPS) is 26.9. The van der Waals surface area contributed by atoms with Gasteiger partial charge >= 0.3 is 5.97 Å². The second-order valence-electron chi connectivity index (χ2n) is 5.18. The minimum atomic E-state index is -0.800. The van der Waals surface area contributed by atoms with Crippen molar-refractivity contribution in [2.24, 2.45) is 11.3 Å². The monoisotopic (exact) mass is 250 g/mol. The average molecular weight is 250 g/mol. The molecule has 1 saturated heterocycles. The van der Waals surface area contributed by atoms with E-state index in [0.29, 0.717) is 5.56 Å². The van der Waals surface area contributed by atoms with E-state index in [1.165, 1.54) is 24.3 Å². The summed E-state index contributed by atoms with van der Waals surface area (Å²) in [6, 6.07) is 5.67. The first-order valence-electron chi connectivity index (χ1n) is 5.84. The first-order valence-corrected chi connectivity index (χ1v) is 5.84. The van der Waals surface area contributed by atoms with Gasteiger partial charge in [-0.1, -0.05) is 12.1 Å². The highest BCUT2D eigenvalue weighted by atomic mass is 19.1. The molecule has 18 heavy (non-hydrogen) atoms. The van der Waals surface area contributed by atoms with E-state index in [9.17, 15) is 14.0 Å². The first-order chi connectivity index (χ1) is 8.34. The van der Waals surface area contributed by atoms with Crippen molar-refractivity contribution in [2.75, 3.05) is 0 Å². The molecule has 1 aromatic rings. The Hall–Kier alpha value is -1.71. The van der Waals surface area contributed by atoms with Crippen molar-refractivity contribution < 1.29 is 18.7 Å². The number of halogens is 1. The van der Waals surface area contributed by atoms with Crippen LogP contribution in [0.1, 0.15) is 32.4 Å². The number of carbonyl (C=O) groups excluding carboxylic acids is 2. The third kappa shape index (κ3) is 1.92. The van der Waals surface area contributed by atoms with Crippen LogP contribution in [0, 0.1) is 17.2 Å². The molecule has 1 aliphatic heterocycles. The Morgan fingerprint density at radius 3 is 2.28 bits per heavy atom. The number of hydrogen-bond donors (Lipinski definition) is 0. The zero-order valence-electron chi connectivity index (χ0n) is 10.6.